The summed E-state index contributed by atoms with van der Waals surface area (Å²) in [6, 6.07) is 17.9. The van der Waals surface area contributed by atoms with Crippen LogP contribution < -0.4 is 11.3 Å². The second-order valence-corrected chi connectivity index (χ2v) is 5.23. The zero-order valence-electron chi connectivity index (χ0n) is 11.8. The maximum absolute atomic E-state index is 12.1. The molecule has 0 radical (unpaired) electrons. The third-order valence-electron chi connectivity index (χ3n) is 3.97. The van der Waals surface area contributed by atoms with Gasteiger partial charge in [0.1, 0.15) is 0 Å². The van der Waals surface area contributed by atoms with Crippen LogP contribution in [0.15, 0.2) is 54.6 Å². The van der Waals surface area contributed by atoms with Gasteiger partial charge in [0.05, 0.1) is 11.4 Å². The lowest BCUT2D eigenvalue weighted by Crippen LogP contribution is -2.31. The molecule has 3 N–H and O–H groups in total. The standard InChI is InChI=1S/C17H14N4O/c18-19-17(22)15-14-10-11-6-4-5-9-13(11)16(14)21(20-15)12-7-2-1-3-8-12/h1-9H,10,18H2,(H,19,22). The number of carbonyl (C=O) groups is 1. The van der Waals surface area contributed by atoms with E-state index in [1.54, 1.807) is 0 Å². The Morgan fingerprint density at radius 3 is 2.59 bits per heavy atom. The van der Waals surface area contributed by atoms with Gasteiger partial charge in [-0.2, -0.15) is 5.10 Å². The monoisotopic (exact) mass is 290 g/mol. The molecule has 0 saturated heterocycles. The van der Waals surface area contributed by atoms with Crippen LogP contribution in [0, 0.1) is 0 Å². The fourth-order valence-electron chi connectivity index (χ4n) is 3.00. The van der Waals surface area contributed by atoms with Gasteiger partial charge < -0.3 is 0 Å². The van der Waals surface area contributed by atoms with Gasteiger partial charge in [-0.3, -0.25) is 10.2 Å². The number of carbonyl (C=O) groups excluding carboxylic acids is 1. The summed E-state index contributed by atoms with van der Waals surface area (Å²) in [6.45, 7) is 0. The Labute approximate surface area is 127 Å². The number of nitrogens with two attached hydrogens (primary N) is 1. The predicted octanol–water partition coefficient (Wildman–Crippen LogP) is 2.05. The number of nitrogens with one attached hydrogen (secondary N) is 1. The minimum Gasteiger partial charge on any atom is -0.289 e. The molecule has 2 aromatic carbocycles. The summed E-state index contributed by atoms with van der Waals surface area (Å²) in [5, 5.41) is 4.50. The minimum atomic E-state index is -0.362. The zero-order chi connectivity index (χ0) is 15.1. The van der Waals surface area contributed by atoms with Gasteiger partial charge in [0.2, 0.25) is 0 Å². The van der Waals surface area contributed by atoms with Crippen molar-refractivity contribution in [2.75, 3.05) is 0 Å². The van der Waals surface area contributed by atoms with Gasteiger partial charge >= 0.3 is 0 Å². The second-order valence-electron chi connectivity index (χ2n) is 5.23. The van der Waals surface area contributed by atoms with E-state index in [4.69, 9.17) is 5.84 Å². The number of hydrogen-bond donors (Lipinski definition) is 2. The molecule has 0 unspecified atom stereocenters. The van der Waals surface area contributed by atoms with Crippen LogP contribution >= 0.6 is 0 Å². The van der Waals surface area contributed by atoms with Crippen LogP contribution in [0.25, 0.3) is 16.9 Å². The number of rotatable bonds is 2. The van der Waals surface area contributed by atoms with Crippen LogP contribution in [0.1, 0.15) is 21.6 Å². The zero-order valence-corrected chi connectivity index (χ0v) is 11.8. The molecule has 1 aliphatic rings. The summed E-state index contributed by atoms with van der Waals surface area (Å²) in [4.78, 5) is 12.1. The van der Waals surface area contributed by atoms with Crippen LogP contribution in [0.2, 0.25) is 0 Å². The first kappa shape index (κ1) is 12.8. The smallest absolute Gasteiger partial charge is 0.285 e. The highest BCUT2D eigenvalue weighted by Gasteiger charge is 2.30. The molecule has 108 valence electrons. The molecular formula is C17H14N4O. The topological polar surface area (TPSA) is 72.9 Å². The average molecular weight is 290 g/mol. The highest BCUT2D eigenvalue weighted by Crippen LogP contribution is 2.39. The molecule has 5 heteroatoms. The minimum absolute atomic E-state index is 0.362. The molecule has 3 aromatic rings. The lowest BCUT2D eigenvalue weighted by atomic mass is 10.1. The molecule has 0 bridgehead atoms. The van der Waals surface area contributed by atoms with E-state index >= 15 is 0 Å². The van der Waals surface area contributed by atoms with Crippen molar-refractivity contribution in [3.63, 3.8) is 0 Å². The Morgan fingerprint density at radius 2 is 1.82 bits per heavy atom. The molecular weight excluding hydrogens is 276 g/mol. The van der Waals surface area contributed by atoms with Crippen molar-refractivity contribution in [3.8, 4) is 16.9 Å². The van der Waals surface area contributed by atoms with E-state index < -0.39 is 0 Å². The first-order valence-electron chi connectivity index (χ1n) is 7.06. The van der Waals surface area contributed by atoms with Gasteiger partial charge in [0, 0.05) is 17.5 Å². The van der Waals surface area contributed by atoms with Crippen LogP contribution in [-0.2, 0) is 6.42 Å². The molecule has 0 spiro atoms. The van der Waals surface area contributed by atoms with Gasteiger partial charge in [-0.15, -0.1) is 0 Å². The maximum atomic E-state index is 12.1. The second kappa shape index (κ2) is 4.82. The summed E-state index contributed by atoms with van der Waals surface area (Å²) in [5.74, 6) is 4.94. The molecule has 22 heavy (non-hydrogen) atoms. The normalized spacial score (nSPS) is 11.9. The van der Waals surface area contributed by atoms with E-state index in [-0.39, 0.29) is 5.91 Å². The molecule has 1 aromatic heterocycles. The Morgan fingerprint density at radius 1 is 1.09 bits per heavy atom. The summed E-state index contributed by atoms with van der Waals surface area (Å²) < 4.78 is 1.83. The van der Waals surface area contributed by atoms with E-state index in [1.165, 1.54) is 5.56 Å². The van der Waals surface area contributed by atoms with Crippen molar-refractivity contribution in [2.24, 2.45) is 5.84 Å². The van der Waals surface area contributed by atoms with Gasteiger partial charge in [0.15, 0.2) is 5.69 Å². The SMILES string of the molecule is NNC(=O)c1nn(-c2ccccc2)c2c1Cc1ccccc1-2. The molecule has 0 fully saturated rings. The lowest BCUT2D eigenvalue weighted by Gasteiger charge is -2.07. The predicted molar refractivity (Wildman–Crippen MR) is 83.5 cm³/mol. The summed E-state index contributed by atoms with van der Waals surface area (Å²) in [7, 11) is 0. The molecule has 1 heterocycles. The molecule has 5 nitrogen and oxygen atoms in total. The third kappa shape index (κ3) is 1.76. The molecule has 4 rings (SSSR count). The number of amides is 1. The Hall–Kier alpha value is -2.92. The quantitative estimate of drug-likeness (QED) is 0.337. The van der Waals surface area contributed by atoms with E-state index in [1.807, 2.05) is 47.1 Å². The lowest BCUT2D eigenvalue weighted by molar-refractivity contribution is 0.0947. The highest BCUT2D eigenvalue weighted by atomic mass is 16.2. The molecule has 1 amide bonds. The molecule has 0 aliphatic heterocycles. The van der Waals surface area contributed by atoms with E-state index in [0.29, 0.717) is 12.1 Å². The van der Waals surface area contributed by atoms with Crippen molar-refractivity contribution in [1.82, 2.24) is 15.2 Å². The summed E-state index contributed by atoms with van der Waals surface area (Å²) >= 11 is 0. The van der Waals surface area contributed by atoms with E-state index in [2.05, 4.69) is 22.7 Å². The molecule has 0 atom stereocenters. The van der Waals surface area contributed by atoms with Crippen LogP contribution in [0.3, 0.4) is 0 Å². The van der Waals surface area contributed by atoms with Crippen LogP contribution in [0.4, 0.5) is 0 Å². The third-order valence-corrected chi connectivity index (χ3v) is 3.97. The number of fused-ring (bicyclic) bond motifs is 3. The maximum Gasteiger partial charge on any atom is 0.285 e. The number of aromatic nitrogens is 2. The highest BCUT2D eigenvalue weighted by molar-refractivity contribution is 5.97. The average Bonchev–Trinajstić information content (AvgIpc) is 3.12. The number of hydrazine groups is 1. The van der Waals surface area contributed by atoms with E-state index in [0.717, 1.165) is 22.5 Å². The number of para-hydroxylation sites is 1. The van der Waals surface area contributed by atoms with Crippen LogP contribution in [0.5, 0.6) is 0 Å². The Balaban J connectivity index is 2.00. The Kier molecular flexibility index (Phi) is 2.80. The number of hydrogen-bond acceptors (Lipinski definition) is 3. The number of benzene rings is 2. The molecule has 0 saturated carbocycles. The first-order chi connectivity index (χ1) is 10.8. The number of nitrogens with zero attached hydrogens (tertiary/aromatic N) is 2. The van der Waals surface area contributed by atoms with Gasteiger partial charge in [-0.1, -0.05) is 42.5 Å². The van der Waals surface area contributed by atoms with Crippen molar-refractivity contribution < 1.29 is 4.79 Å². The van der Waals surface area contributed by atoms with E-state index in [9.17, 15) is 4.79 Å². The fraction of sp³-hybridized carbons (Fsp3) is 0.0588. The summed E-state index contributed by atoms with van der Waals surface area (Å²) in [5.41, 5.74) is 7.71. The number of nitrogen functional groups attached to an aromatic ring is 1. The van der Waals surface area contributed by atoms with Crippen molar-refractivity contribution in [1.29, 1.82) is 0 Å². The Bertz CT molecular complexity index is 868. The summed E-state index contributed by atoms with van der Waals surface area (Å²) in [6.07, 6.45) is 0.696. The van der Waals surface area contributed by atoms with Crippen molar-refractivity contribution in [2.45, 2.75) is 6.42 Å². The van der Waals surface area contributed by atoms with Gasteiger partial charge in [-0.25, -0.2) is 10.5 Å². The largest absolute Gasteiger partial charge is 0.289 e. The van der Waals surface area contributed by atoms with Gasteiger partial charge in [-0.05, 0) is 17.7 Å². The van der Waals surface area contributed by atoms with Crippen molar-refractivity contribution >= 4 is 5.91 Å². The van der Waals surface area contributed by atoms with Gasteiger partial charge in [0.25, 0.3) is 5.91 Å². The van der Waals surface area contributed by atoms with Crippen molar-refractivity contribution in [3.05, 3.63) is 71.4 Å². The first-order valence-corrected chi connectivity index (χ1v) is 7.06. The fourth-order valence-corrected chi connectivity index (χ4v) is 3.00. The van der Waals surface area contributed by atoms with Crippen LogP contribution in [-0.4, -0.2) is 15.7 Å². The molecule has 1 aliphatic carbocycles.